The molecular formula is C15H23N3O2S. The van der Waals surface area contributed by atoms with E-state index in [0.717, 1.165) is 43.7 Å². The van der Waals surface area contributed by atoms with Crippen LogP contribution < -0.4 is 14.9 Å². The molecule has 5 nitrogen and oxygen atoms in total. The highest BCUT2D eigenvalue weighted by Crippen LogP contribution is 2.30. The summed E-state index contributed by atoms with van der Waals surface area (Å²) in [5, 5.41) is 3.43. The molecule has 116 valence electrons. The van der Waals surface area contributed by atoms with Crippen molar-refractivity contribution in [1.82, 2.24) is 10.0 Å². The second-order valence-electron chi connectivity index (χ2n) is 6.35. The predicted octanol–water partition coefficient (Wildman–Crippen LogP) is 1.03. The smallest absolute Gasteiger partial charge is 0.240 e. The molecule has 1 aromatic rings. The number of nitrogens with one attached hydrogen (secondary N) is 2. The third-order valence-corrected chi connectivity index (χ3v) is 5.97. The van der Waals surface area contributed by atoms with Crippen LogP contribution in [0.4, 0.5) is 5.69 Å². The van der Waals surface area contributed by atoms with Gasteiger partial charge in [-0.1, -0.05) is 0 Å². The fourth-order valence-corrected chi connectivity index (χ4v) is 4.53. The molecule has 0 bridgehead atoms. The standard InChI is InChI=1S/C15H23N3O2S/c1-11(2)17-21(19,20)15-5-3-14(4-6-15)18-9-12-7-16-8-13(12)10-18/h3-6,11-13,16-17H,7-10H2,1-2H3. The topological polar surface area (TPSA) is 61.4 Å². The van der Waals surface area contributed by atoms with Gasteiger partial charge in [0.05, 0.1) is 4.90 Å². The lowest BCUT2D eigenvalue weighted by Gasteiger charge is -2.20. The number of sulfonamides is 1. The maximum absolute atomic E-state index is 12.1. The molecule has 6 heteroatoms. The van der Waals surface area contributed by atoms with E-state index in [-0.39, 0.29) is 6.04 Å². The molecule has 1 aromatic carbocycles. The first-order chi connectivity index (χ1) is 9.95. The van der Waals surface area contributed by atoms with Crippen molar-refractivity contribution in [3.8, 4) is 0 Å². The summed E-state index contributed by atoms with van der Waals surface area (Å²) in [6, 6.07) is 7.14. The number of anilines is 1. The molecule has 2 heterocycles. The maximum Gasteiger partial charge on any atom is 0.240 e. The van der Waals surface area contributed by atoms with Gasteiger partial charge >= 0.3 is 0 Å². The Morgan fingerprint density at radius 1 is 1.14 bits per heavy atom. The first-order valence-electron chi connectivity index (χ1n) is 7.54. The molecule has 21 heavy (non-hydrogen) atoms. The molecule has 2 aliphatic rings. The van der Waals surface area contributed by atoms with Crippen LogP contribution in [0.1, 0.15) is 13.8 Å². The molecule has 2 unspecified atom stereocenters. The van der Waals surface area contributed by atoms with Gasteiger partial charge in [-0.2, -0.15) is 0 Å². The van der Waals surface area contributed by atoms with Crippen molar-refractivity contribution in [3.05, 3.63) is 24.3 Å². The molecular weight excluding hydrogens is 286 g/mol. The van der Waals surface area contributed by atoms with Gasteiger partial charge in [-0.15, -0.1) is 0 Å². The SMILES string of the molecule is CC(C)NS(=O)(=O)c1ccc(N2CC3CNCC3C2)cc1. The van der Waals surface area contributed by atoms with Crippen LogP contribution in [-0.4, -0.2) is 40.6 Å². The van der Waals surface area contributed by atoms with E-state index >= 15 is 0 Å². The Hall–Kier alpha value is -1.11. The molecule has 2 atom stereocenters. The third-order valence-electron chi connectivity index (χ3n) is 4.29. The highest BCUT2D eigenvalue weighted by atomic mass is 32.2. The van der Waals surface area contributed by atoms with Crippen LogP contribution in [0.15, 0.2) is 29.2 Å². The molecule has 3 rings (SSSR count). The first-order valence-corrected chi connectivity index (χ1v) is 9.02. The summed E-state index contributed by atoms with van der Waals surface area (Å²) in [5.74, 6) is 1.46. The zero-order valence-corrected chi connectivity index (χ0v) is 13.4. The Balaban J connectivity index is 1.73. The summed E-state index contributed by atoms with van der Waals surface area (Å²) in [6.45, 7) is 7.98. The highest BCUT2D eigenvalue weighted by Gasteiger charge is 2.36. The van der Waals surface area contributed by atoms with Crippen LogP contribution in [0, 0.1) is 11.8 Å². The van der Waals surface area contributed by atoms with Gasteiger partial charge in [0.25, 0.3) is 0 Å². The number of rotatable bonds is 4. The fraction of sp³-hybridized carbons (Fsp3) is 0.600. The van der Waals surface area contributed by atoms with Gasteiger partial charge in [-0.25, -0.2) is 13.1 Å². The quantitative estimate of drug-likeness (QED) is 0.872. The van der Waals surface area contributed by atoms with Crippen LogP contribution >= 0.6 is 0 Å². The van der Waals surface area contributed by atoms with E-state index in [0.29, 0.717) is 4.90 Å². The summed E-state index contributed by atoms with van der Waals surface area (Å²) in [4.78, 5) is 2.70. The summed E-state index contributed by atoms with van der Waals surface area (Å²) in [5.41, 5.74) is 1.12. The second-order valence-corrected chi connectivity index (χ2v) is 8.07. The van der Waals surface area contributed by atoms with Crippen molar-refractivity contribution in [2.75, 3.05) is 31.1 Å². The lowest BCUT2D eigenvalue weighted by molar-refractivity contribution is 0.533. The average molecular weight is 309 g/mol. The summed E-state index contributed by atoms with van der Waals surface area (Å²) >= 11 is 0. The van der Waals surface area contributed by atoms with Crippen molar-refractivity contribution < 1.29 is 8.42 Å². The van der Waals surface area contributed by atoms with Gasteiger partial charge in [-0.3, -0.25) is 0 Å². The zero-order valence-electron chi connectivity index (χ0n) is 12.5. The number of hydrogen-bond donors (Lipinski definition) is 2. The molecule has 2 aliphatic heterocycles. The summed E-state index contributed by atoms with van der Waals surface area (Å²) < 4.78 is 26.8. The fourth-order valence-electron chi connectivity index (χ4n) is 3.28. The molecule has 0 saturated carbocycles. The summed E-state index contributed by atoms with van der Waals surface area (Å²) in [6.07, 6.45) is 0. The van der Waals surface area contributed by atoms with Crippen molar-refractivity contribution in [3.63, 3.8) is 0 Å². The largest absolute Gasteiger partial charge is 0.371 e. The molecule has 0 spiro atoms. The van der Waals surface area contributed by atoms with Crippen LogP contribution in [0.2, 0.25) is 0 Å². The molecule has 2 N–H and O–H groups in total. The molecule has 0 amide bonds. The first kappa shape index (κ1) is 14.8. The predicted molar refractivity (Wildman–Crippen MR) is 84.0 cm³/mol. The monoisotopic (exact) mass is 309 g/mol. The van der Waals surface area contributed by atoms with E-state index in [4.69, 9.17) is 0 Å². The van der Waals surface area contributed by atoms with E-state index < -0.39 is 10.0 Å². The van der Waals surface area contributed by atoms with Gasteiger partial charge in [0, 0.05) is 37.9 Å². The molecule has 0 aromatic heterocycles. The normalized spacial score (nSPS) is 25.6. The van der Waals surface area contributed by atoms with Crippen LogP contribution in [0.25, 0.3) is 0 Å². The Kier molecular flexibility index (Phi) is 3.94. The molecule has 2 fully saturated rings. The Labute approximate surface area is 126 Å². The lowest BCUT2D eigenvalue weighted by Crippen LogP contribution is -2.30. The van der Waals surface area contributed by atoms with Gasteiger partial charge in [0.2, 0.25) is 10.0 Å². The van der Waals surface area contributed by atoms with E-state index in [2.05, 4.69) is 14.9 Å². The molecule has 0 radical (unpaired) electrons. The zero-order chi connectivity index (χ0) is 15.0. The average Bonchev–Trinajstić information content (AvgIpc) is 2.98. The van der Waals surface area contributed by atoms with Gasteiger partial charge in [-0.05, 0) is 49.9 Å². The van der Waals surface area contributed by atoms with Crippen LogP contribution in [-0.2, 0) is 10.0 Å². The Bertz CT molecular complexity index is 586. The van der Waals surface area contributed by atoms with E-state index in [1.807, 2.05) is 26.0 Å². The van der Waals surface area contributed by atoms with E-state index in [1.165, 1.54) is 0 Å². The minimum Gasteiger partial charge on any atom is -0.371 e. The number of nitrogens with zero attached hydrogens (tertiary/aromatic N) is 1. The minimum absolute atomic E-state index is 0.0971. The molecule has 0 aliphatic carbocycles. The molecule has 2 saturated heterocycles. The minimum atomic E-state index is -3.39. The number of fused-ring (bicyclic) bond motifs is 1. The van der Waals surface area contributed by atoms with Crippen LogP contribution in [0.5, 0.6) is 0 Å². The lowest BCUT2D eigenvalue weighted by atomic mass is 10.0. The van der Waals surface area contributed by atoms with Gasteiger partial charge in [0.15, 0.2) is 0 Å². The third kappa shape index (κ3) is 3.07. The van der Waals surface area contributed by atoms with E-state index in [9.17, 15) is 8.42 Å². The summed E-state index contributed by atoms with van der Waals surface area (Å²) in [7, 11) is -3.39. The number of hydrogen-bond acceptors (Lipinski definition) is 4. The number of benzene rings is 1. The highest BCUT2D eigenvalue weighted by molar-refractivity contribution is 7.89. The van der Waals surface area contributed by atoms with Gasteiger partial charge in [0.1, 0.15) is 0 Å². The van der Waals surface area contributed by atoms with Crippen molar-refractivity contribution in [1.29, 1.82) is 0 Å². The van der Waals surface area contributed by atoms with Crippen molar-refractivity contribution in [2.45, 2.75) is 24.8 Å². The van der Waals surface area contributed by atoms with Crippen molar-refractivity contribution >= 4 is 15.7 Å². The Morgan fingerprint density at radius 3 is 2.24 bits per heavy atom. The van der Waals surface area contributed by atoms with E-state index in [1.54, 1.807) is 12.1 Å². The van der Waals surface area contributed by atoms with Crippen molar-refractivity contribution in [2.24, 2.45) is 11.8 Å². The van der Waals surface area contributed by atoms with Gasteiger partial charge < -0.3 is 10.2 Å². The maximum atomic E-state index is 12.1. The second kappa shape index (κ2) is 5.59. The van der Waals surface area contributed by atoms with Crippen LogP contribution in [0.3, 0.4) is 0 Å². The Morgan fingerprint density at radius 2 is 1.71 bits per heavy atom.